The minimum Gasteiger partial charge on any atom is -0.495 e. The fourth-order valence-corrected chi connectivity index (χ4v) is 4.02. The lowest BCUT2D eigenvalue weighted by molar-refractivity contribution is 0.0735. The predicted molar refractivity (Wildman–Crippen MR) is 110 cm³/mol. The van der Waals surface area contributed by atoms with Gasteiger partial charge in [-0.15, -0.1) is 0 Å². The van der Waals surface area contributed by atoms with Crippen LogP contribution in [0.25, 0.3) is 10.9 Å². The summed E-state index contributed by atoms with van der Waals surface area (Å²) in [7, 11) is -0.218. The molecule has 2 aromatic carbocycles. The van der Waals surface area contributed by atoms with Crippen molar-refractivity contribution in [3.8, 4) is 5.75 Å². The summed E-state index contributed by atoms with van der Waals surface area (Å²) in [5.74, 6) is 0.339. The number of hydrogen-bond acceptors (Lipinski definition) is 5. The molecule has 0 saturated carbocycles. The van der Waals surface area contributed by atoms with Crippen molar-refractivity contribution >= 4 is 47.3 Å². The van der Waals surface area contributed by atoms with E-state index in [1.54, 1.807) is 12.0 Å². The summed E-state index contributed by atoms with van der Waals surface area (Å²) in [6, 6.07) is 7.95. The van der Waals surface area contributed by atoms with E-state index in [-0.39, 0.29) is 16.9 Å². The highest BCUT2D eigenvalue weighted by Gasteiger charge is 2.26. The second-order valence-corrected chi connectivity index (χ2v) is 7.33. The molecule has 0 atom stereocenters. The Morgan fingerprint density at radius 1 is 1.31 bits per heavy atom. The van der Waals surface area contributed by atoms with Gasteiger partial charge in [0.15, 0.2) is 0 Å². The topological polar surface area (TPSA) is 103 Å². The molecule has 4 rings (SSSR count). The lowest BCUT2D eigenvalue weighted by Crippen LogP contribution is -2.37. The van der Waals surface area contributed by atoms with E-state index < -0.39 is 7.12 Å². The number of nitrogens with one attached hydrogen (secondary N) is 1. The molecule has 0 bridgehead atoms. The van der Waals surface area contributed by atoms with Crippen LogP contribution in [0.3, 0.4) is 0 Å². The van der Waals surface area contributed by atoms with Crippen LogP contribution in [0, 0.1) is 0 Å². The molecule has 1 amide bonds. The maximum Gasteiger partial charge on any atom is 0.489 e. The van der Waals surface area contributed by atoms with E-state index in [2.05, 4.69) is 4.98 Å². The molecule has 29 heavy (non-hydrogen) atoms. The lowest BCUT2D eigenvalue weighted by atomic mass is 9.76. The summed E-state index contributed by atoms with van der Waals surface area (Å²) in [4.78, 5) is 29.4. The van der Waals surface area contributed by atoms with Crippen molar-refractivity contribution in [3.05, 3.63) is 57.7 Å². The second-order valence-electron chi connectivity index (χ2n) is 6.93. The highest BCUT2D eigenvalue weighted by atomic mass is 35.5. The third-order valence-corrected chi connectivity index (χ3v) is 5.57. The number of hydrogen-bond donors (Lipinski definition) is 3. The maximum atomic E-state index is 13.0. The number of benzene rings is 2. The fourth-order valence-electron chi connectivity index (χ4n) is 3.78. The highest BCUT2D eigenvalue weighted by Crippen LogP contribution is 2.35. The van der Waals surface area contributed by atoms with Gasteiger partial charge in [-0.25, -0.2) is 0 Å². The van der Waals surface area contributed by atoms with E-state index in [1.807, 2.05) is 12.1 Å². The standard InChI is InChI=1S/C20H18BClN2O5/c1-29-19-7-13-14-9-24(5-4-17(14)23-18(13)8-16(19)22)20(26)11-2-3-15(21(27)28)12(6-11)10-25/h2-3,6-8,10,23,27-28H,4-5,9H2,1H3. The van der Waals surface area contributed by atoms with Crippen molar-refractivity contribution in [3.63, 3.8) is 0 Å². The van der Waals surface area contributed by atoms with Crippen molar-refractivity contribution in [2.24, 2.45) is 0 Å². The van der Waals surface area contributed by atoms with Crippen LogP contribution in [-0.2, 0) is 13.0 Å². The number of carbonyl (C=O) groups excluding carboxylic acids is 2. The van der Waals surface area contributed by atoms with E-state index in [0.717, 1.165) is 22.2 Å². The van der Waals surface area contributed by atoms with Crippen LogP contribution in [0.4, 0.5) is 0 Å². The van der Waals surface area contributed by atoms with Crippen LogP contribution in [0.15, 0.2) is 30.3 Å². The maximum absolute atomic E-state index is 13.0. The van der Waals surface area contributed by atoms with E-state index in [4.69, 9.17) is 16.3 Å². The minimum atomic E-state index is -1.77. The highest BCUT2D eigenvalue weighted by molar-refractivity contribution is 6.60. The Balaban J connectivity index is 1.67. The van der Waals surface area contributed by atoms with Gasteiger partial charge in [0.2, 0.25) is 0 Å². The Kier molecular flexibility index (Phi) is 5.08. The number of aromatic nitrogens is 1. The number of halogens is 1. The minimum absolute atomic E-state index is 0.0677. The predicted octanol–water partition coefficient (Wildman–Crippen LogP) is 1.52. The van der Waals surface area contributed by atoms with Gasteiger partial charge in [-0.2, -0.15) is 0 Å². The van der Waals surface area contributed by atoms with Crippen molar-refractivity contribution in [1.82, 2.24) is 9.88 Å². The number of aromatic amines is 1. The summed E-state index contributed by atoms with van der Waals surface area (Å²) in [5.41, 5.74) is 3.42. The van der Waals surface area contributed by atoms with Gasteiger partial charge in [0, 0.05) is 52.8 Å². The molecule has 0 aliphatic carbocycles. The molecule has 0 fully saturated rings. The Morgan fingerprint density at radius 3 is 2.79 bits per heavy atom. The molecule has 0 unspecified atom stereocenters. The second kappa shape index (κ2) is 7.55. The molecule has 148 valence electrons. The van der Waals surface area contributed by atoms with Crippen molar-refractivity contribution < 1.29 is 24.4 Å². The van der Waals surface area contributed by atoms with Crippen LogP contribution >= 0.6 is 11.6 Å². The summed E-state index contributed by atoms with van der Waals surface area (Å²) >= 11 is 6.22. The normalized spacial score (nSPS) is 13.3. The molecule has 0 radical (unpaired) electrons. The lowest BCUT2D eigenvalue weighted by Gasteiger charge is -2.27. The van der Waals surface area contributed by atoms with Crippen molar-refractivity contribution in [2.45, 2.75) is 13.0 Å². The van der Waals surface area contributed by atoms with Gasteiger partial charge in [-0.3, -0.25) is 9.59 Å². The summed E-state index contributed by atoms with van der Waals surface area (Å²) in [5, 5.41) is 20.1. The third kappa shape index (κ3) is 3.39. The average Bonchev–Trinajstić information content (AvgIpc) is 3.08. The largest absolute Gasteiger partial charge is 0.495 e. The molecular weight excluding hydrogens is 394 g/mol. The van der Waals surface area contributed by atoms with E-state index in [1.165, 1.54) is 18.2 Å². The van der Waals surface area contributed by atoms with Crippen LogP contribution in [0.1, 0.15) is 32.0 Å². The third-order valence-electron chi connectivity index (χ3n) is 5.27. The Bertz CT molecular complexity index is 1130. The van der Waals surface area contributed by atoms with E-state index in [9.17, 15) is 19.6 Å². The fraction of sp³-hybridized carbons (Fsp3) is 0.200. The zero-order valence-electron chi connectivity index (χ0n) is 15.6. The van der Waals surface area contributed by atoms with Crippen LogP contribution < -0.4 is 10.2 Å². The van der Waals surface area contributed by atoms with Gasteiger partial charge < -0.3 is 24.7 Å². The summed E-state index contributed by atoms with van der Waals surface area (Å²) < 4.78 is 5.31. The number of ether oxygens (including phenoxy) is 1. The number of rotatable bonds is 4. The first-order valence-electron chi connectivity index (χ1n) is 9.04. The quantitative estimate of drug-likeness (QED) is 0.445. The number of nitrogens with zero attached hydrogens (tertiary/aromatic N) is 1. The van der Waals surface area contributed by atoms with Crippen molar-refractivity contribution in [1.29, 1.82) is 0 Å². The van der Waals surface area contributed by atoms with E-state index >= 15 is 0 Å². The van der Waals surface area contributed by atoms with Gasteiger partial charge >= 0.3 is 7.12 Å². The van der Waals surface area contributed by atoms with Crippen LogP contribution in [0.5, 0.6) is 5.75 Å². The first-order chi connectivity index (χ1) is 13.9. The molecule has 9 heteroatoms. The van der Waals surface area contributed by atoms with Gasteiger partial charge in [-0.1, -0.05) is 17.7 Å². The SMILES string of the molecule is COc1cc2c3c([nH]c2cc1Cl)CCN(C(=O)c1ccc(B(O)O)c(C=O)c1)C3. The monoisotopic (exact) mass is 412 g/mol. The van der Waals surface area contributed by atoms with Gasteiger partial charge in [0.1, 0.15) is 12.0 Å². The van der Waals surface area contributed by atoms with Gasteiger partial charge in [0.25, 0.3) is 5.91 Å². The van der Waals surface area contributed by atoms with E-state index in [0.29, 0.717) is 42.1 Å². The van der Waals surface area contributed by atoms with Gasteiger partial charge in [0.05, 0.1) is 12.1 Å². The van der Waals surface area contributed by atoms with Crippen LogP contribution in [-0.4, -0.2) is 52.9 Å². The zero-order valence-corrected chi connectivity index (χ0v) is 16.4. The molecule has 3 aromatic rings. The van der Waals surface area contributed by atoms with Crippen LogP contribution in [0.2, 0.25) is 5.02 Å². The average molecular weight is 413 g/mol. The summed E-state index contributed by atoms with van der Waals surface area (Å²) in [6.45, 7) is 0.921. The molecule has 0 saturated heterocycles. The number of fused-ring (bicyclic) bond motifs is 3. The first kappa shape index (κ1) is 19.5. The number of amides is 1. The van der Waals surface area contributed by atoms with Gasteiger partial charge in [-0.05, 0) is 29.7 Å². The first-order valence-corrected chi connectivity index (χ1v) is 9.42. The van der Waals surface area contributed by atoms with Crippen molar-refractivity contribution in [2.75, 3.05) is 13.7 Å². The smallest absolute Gasteiger partial charge is 0.489 e. The number of methoxy groups -OCH3 is 1. The number of carbonyl (C=O) groups is 2. The number of H-pyrrole nitrogens is 1. The Morgan fingerprint density at radius 2 is 2.10 bits per heavy atom. The number of aldehydes is 1. The molecule has 3 N–H and O–H groups in total. The molecule has 0 spiro atoms. The molecular formula is C20H18BClN2O5. The molecule has 1 aliphatic heterocycles. The molecule has 1 aromatic heterocycles. The Hall–Kier alpha value is -2.81. The molecule has 2 heterocycles. The zero-order chi connectivity index (χ0) is 20.7. The Labute approximate surface area is 172 Å². The molecule has 7 nitrogen and oxygen atoms in total. The molecule has 1 aliphatic rings. The summed E-state index contributed by atoms with van der Waals surface area (Å²) in [6.07, 6.45) is 1.17.